The van der Waals surface area contributed by atoms with Gasteiger partial charge in [-0.2, -0.15) is 0 Å². The molecule has 2 fully saturated rings. The van der Waals surface area contributed by atoms with Gasteiger partial charge in [-0.15, -0.1) is 0 Å². The summed E-state index contributed by atoms with van der Waals surface area (Å²) in [6.07, 6.45) is 8.86. The Balaban J connectivity index is 1.25. The number of hydrogen-bond donors (Lipinski definition) is 4. The lowest BCUT2D eigenvalue weighted by molar-refractivity contribution is -0.149. The van der Waals surface area contributed by atoms with Crippen molar-refractivity contribution in [3.63, 3.8) is 0 Å². The quantitative estimate of drug-likeness (QED) is 0.362. The van der Waals surface area contributed by atoms with Gasteiger partial charge in [-0.1, -0.05) is 45.7 Å². The maximum Gasteiger partial charge on any atom is 0.238 e. The Morgan fingerprint density at radius 1 is 0.881 bits per heavy atom. The lowest BCUT2D eigenvalue weighted by Gasteiger charge is -2.55. The van der Waals surface area contributed by atoms with Gasteiger partial charge in [0.2, 0.25) is 17.7 Å². The molecule has 5 N–H and O–H groups in total. The van der Waals surface area contributed by atoms with E-state index in [0.29, 0.717) is 0 Å². The van der Waals surface area contributed by atoms with Gasteiger partial charge in [0, 0.05) is 5.69 Å². The van der Waals surface area contributed by atoms with E-state index in [9.17, 15) is 19.5 Å². The summed E-state index contributed by atoms with van der Waals surface area (Å²) in [5, 5.41) is 16.1. The predicted molar refractivity (Wildman–Crippen MR) is 163 cm³/mol. The van der Waals surface area contributed by atoms with Gasteiger partial charge in [-0.25, -0.2) is 0 Å². The molecule has 42 heavy (non-hydrogen) atoms. The van der Waals surface area contributed by atoms with E-state index in [-0.39, 0.29) is 53.2 Å². The predicted octanol–water partition coefficient (Wildman–Crippen LogP) is 5.48. The van der Waals surface area contributed by atoms with Gasteiger partial charge in [-0.3, -0.25) is 19.7 Å². The first-order valence-corrected chi connectivity index (χ1v) is 15.8. The van der Waals surface area contributed by atoms with Gasteiger partial charge >= 0.3 is 0 Å². The van der Waals surface area contributed by atoms with Crippen LogP contribution in [0.4, 0.5) is 5.69 Å². The van der Waals surface area contributed by atoms with Crippen LogP contribution in [0.2, 0.25) is 0 Å². The van der Waals surface area contributed by atoms with E-state index in [1.807, 2.05) is 18.2 Å². The molecule has 2 aromatic carbocycles. The summed E-state index contributed by atoms with van der Waals surface area (Å²) >= 11 is 0. The van der Waals surface area contributed by atoms with Crippen LogP contribution in [0.1, 0.15) is 100 Å². The van der Waals surface area contributed by atoms with Crippen LogP contribution in [-0.2, 0) is 32.6 Å². The number of aryl methyl sites for hydroxylation is 2. The van der Waals surface area contributed by atoms with Gasteiger partial charge in [0.15, 0.2) is 0 Å². The molecular formula is C35H45N3O4. The largest absolute Gasteiger partial charge is 0.508 e. The molecule has 6 rings (SSSR count). The molecule has 6 atom stereocenters. The third kappa shape index (κ3) is 4.55. The Morgan fingerprint density at radius 2 is 1.60 bits per heavy atom. The number of benzene rings is 2. The standard InChI is InChI=1S/C35H45N3O4/c1-33-16-5-17-35(3,29(33)14-10-22-7-11-23(18-28(22)33)37-30(40)20-36)32(42)38-31(41)34(2)15-4-6-25-26-19-24(39)12-8-21(26)9-13-27(25)34/h7-8,11-12,18-19,25,27,29,39H,4-6,9-10,13-17,20,36H2,1-3H3,(H,37,40)(H,38,41,42)/t25?,27-,29-,33-,34+,35+/m1/s1. The molecular weight excluding hydrogens is 526 g/mol. The monoisotopic (exact) mass is 571 g/mol. The van der Waals surface area contributed by atoms with Crippen molar-refractivity contribution in [3.05, 3.63) is 58.7 Å². The first-order valence-electron chi connectivity index (χ1n) is 15.8. The molecule has 2 aromatic rings. The molecule has 1 unspecified atom stereocenters. The van der Waals surface area contributed by atoms with Crippen LogP contribution < -0.4 is 16.4 Å². The zero-order valence-corrected chi connectivity index (χ0v) is 25.2. The number of anilines is 1. The average molecular weight is 572 g/mol. The minimum absolute atomic E-state index is 0.0707. The minimum Gasteiger partial charge on any atom is -0.508 e. The molecule has 2 saturated carbocycles. The molecule has 4 aliphatic carbocycles. The zero-order chi connectivity index (χ0) is 29.9. The third-order valence-corrected chi connectivity index (χ3v) is 11.9. The van der Waals surface area contributed by atoms with E-state index in [4.69, 9.17) is 5.73 Å². The summed E-state index contributed by atoms with van der Waals surface area (Å²) in [6, 6.07) is 11.8. The third-order valence-electron chi connectivity index (χ3n) is 11.9. The molecule has 0 heterocycles. The SMILES string of the molecule is C[C@]1(C(=O)NC(=O)[C@@]2(C)CCC[C@]3(C)c4cc(NC(=O)CN)ccc4CC[C@@H]23)CCCC2c3cc(O)ccc3CC[C@H]21. The number of amides is 3. The fraction of sp³-hybridized carbons (Fsp3) is 0.571. The summed E-state index contributed by atoms with van der Waals surface area (Å²) < 4.78 is 0. The molecule has 0 radical (unpaired) electrons. The van der Waals surface area contributed by atoms with Crippen LogP contribution >= 0.6 is 0 Å². The Morgan fingerprint density at radius 3 is 2.38 bits per heavy atom. The number of nitrogens with two attached hydrogens (primary N) is 1. The normalized spacial score (nSPS) is 33.3. The molecule has 7 heteroatoms. The molecule has 0 saturated heterocycles. The number of nitrogens with one attached hydrogen (secondary N) is 2. The number of rotatable bonds is 4. The number of carbonyl (C=O) groups is 3. The van der Waals surface area contributed by atoms with Crippen LogP contribution in [0.25, 0.3) is 0 Å². The van der Waals surface area contributed by atoms with Crippen molar-refractivity contribution in [1.29, 1.82) is 0 Å². The molecule has 3 amide bonds. The number of hydrogen-bond acceptors (Lipinski definition) is 5. The first-order chi connectivity index (χ1) is 20.0. The molecule has 0 bridgehead atoms. The van der Waals surface area contributed by atoms with Crippen molar-refractivity contribution in [3.8, 4) is 5.75 Å². The van der Waals surface area contributed by atoms with Crippen molar-refractivity contribution in [1.82, 2.24) is 5.32 Å². The van der Waals surface area contributed by atoms with Gasteiger partial charge in [0.1, 0.15) is 5.75 Å². The Labute approximate surface area is 249 Å². The van der Waals surface area contributed by atoms with Crippen molar-refractivity contribution >= 4 is 23.4 Å². The smallest absolute Gasteiger partial charge is 0.238 e. The van der Waals surface area contributed by atoms with Crippen LogP contribution in [0.5, 0.6) is 5.75 Å². The zero-order valence-electron chi connectivity index (χ0n) is 25.2. The van der Waals surface area contributed by atoms with E-state index in [1.165, 1.54) is 22.3 Å². The summed E-state index contributed by atoms with van der Waals surface area (Å²) in [7, 11) is 0. The second kappa shape index (κ2) is 10.5. The summed E-state index contributed by atoms with van der Waals surface area (Å²) in [6.45, 7) is 6.31. The van der Waals surface area contributed by atoms with Gasteiger partial charge in [0.05, 0.1) is 17.4 Å². The molecule has 0 aromatic heterocycles. The van der Waals surface area contributed by atoms with Crippen LogP contribution in [0.15, 0.2) is 36.4 Å². The van der Waals surface area contributed by atoms with Crippen molar-refractivity contribution in [2.24, 2.45) is 28.4 Å². The summed E-state index contributed by atoms with van der Waals surface area (Å²) in [5.74, 6) is 0.210. The highest BCUT2D eigenvalue weighted by atomic mass is 16.3. The van der Waals surface area contributed by atoms with E-state index in [1.54, 1.807) is 6.07 Å². The lowest BCUT2D eigenvalue weighted by Crippen LogP contribution is -2.58. The fourth-order valence-corrected chi connectivity index (χ4v) is 9.57. The highest BCUT2D eigenvalue weighted by molar-refractivity contribution is 6.01. The van der Waals surface area contributed by atoms with Gasteiger partial charge in [-0.05, 0) is 121 Å². The average Bonchev–Trinajstić information content (AvgIpc) is 2.97. The van der Waals surface area contributed by atoms with E-state index in [2.05, 4.69) is 43.5 Å². The summed E-state index contributed by atoms with van der Waals surface area (Å²) in [5.41, 5.74) is 9.64. The number of carbonyl (C=O) groups excluding carboxylic acids is 3. The molecule has 4 aliphatic rings. The van der Waals surface area contributed by atoms with Crippen LogP contribution in [0, 0.1) is 22.7 Å². The van der Waals surface area contributed by atoms with Gasteiger partial charge in [0.25, 0.3) is 0 Å². The number of fused-ring (bicyclic) bond motifs is 6. The lowest BCUT2D eigenvalue weighted by atomic mass is 9.49. The second-order valence-electron chi connectivity index (χ2n) is 14.1. The summed E-state index contributed by atoms with van der Waals surface area (Å²) in [4.78, 5) is 40.4. The van der Waals surface area contributed by atoms with Gasteiger partial charge < -0.3 is 16.2 Å². The van der Waals surface area contributed by atoms with Crippen LogP contribution in [-0.4, -0.2) is 29.4 Å². The van der Waals surface area contributed by atoms with E-state index >= 15 is 0 Å². The molecule has 0 aliphatic heterocycles. The number of phenolic OH excluding ortho intramolecular Hbond substituents is 1. The van der Waals surface area contributed by atoms with Crippen molar-refractivity contribution in [2.75, 3.05) is 11.9 Å². The van der Waals surface area contributed by atoms with Crippen molar-refractivity contribution < 1.29 is 19.5 Å². The molecule has 224 valence electrons. The Bertz CT molecular complexity index is 1440. The van der Waals surface area contributed by atoms with E-state index in [0.717, 1.165) is 69.9 Å². The topological polar surface area (TPSA) is 122 Å². The Kier molecular flexibility index (Phi) is 7.24. The fourth-order valence-electron chi connectivity index (χ4n) is 9.57. The number of aromatic hydroxyl groups is 1. The number of phenols is 1. The minimum atomic E-state index is -0.674. The first kappa shape index (κ1) is 28.9. The number of imide groups is 1. The highest BCUT2D eigenvalue weighted by Crippen LogP contribution is 2.58. The van der Waals surface area contributed by atoms with Crippen molar-refractivity contribution in [2.45, 2.75) is 96.3 Å². The highest BCUT2D eigenvalue weighted by Gasteiger charge is 2.56. The molecule has 0 spiro atoms. The molecule has 7 nitrogen and oxygen atoms in total. The van der Waals surface area contributed by atoms with E-state index < -0.39 is 10.8 Å². The maximum absolute atomic E-state index is 14.2. The Hall–Kier alpha value is -3.19. The van der Waals surface area contributed by atoms with Crippen LogP contribution in [0.3, 0.4) is 0 Å². The second-order valence-corrected chi connectivity index (χ2v) is 14.1. The maximum atomic E-state index is 14.2.